The number of rotatable bonds is 3. The highest BCUT2D eigenvalue weighted by molar-refractivity contribution is 7.81. The van der Waals surface area contributed by atoms with Gasteiger partial charge in [-0.05, 0) is 23.3 Å². The minimum Gasteiger partial charge on any atom is -0.465 e. The molecule has 1 N–H and O–H groups in total. The van der Waals surface area contributed by atoms with Gasteiger partial charge >= 0.3 is 22.3 Å². The van der Waals surface area contributed by atoms with Gasteiger partial charge in [-0.3, -0.25) is 4.55 Å². The monoisotopic (exact) mass is 324 g/mol. The zero-order valence-electron chi connectivity index (χ0n) is 11.7. The van der Waals surface area contributed by atoms with Crippen LogP contribution in [-0.4, -0.2) is 32.0 Å². The Balaban J connectivity index is 2.82. The average molecular weight is 324 g/mol. The molecular weight excluding hydrogens is 312 g/mol. The van der Waals surface area contributed by atoms with Crippen LogP contribution in [0.25, 0.3) is 10.8 Å². The summed E-state index contributed by atoms with van der Waals surface area (Å²) in [6, 6.07) is 8.21. The van der Waals surface area contributed by atoms with Gasteiger partial charge < -0.3 is 8.92 Å². The summed E-state index contributed by atoms with van der Waals surface area (Å²) in [5.41, 5.74) is 0.0164. The molecule has 0 aliphatic carbocycles. The van der Waals surface area contributed by atoms with Crippen LogP contribution >= 0.6 is 0 Å². The highest BCUT2D eigenvalue weighted by atomic mass is 32.3. The first-order chi connectivity index (χ1) is 10.2. The normalized spacial score (nSPS) is 11.2. The van der Waals surface area contributed by atoms with Crippen molar-refractivity contribution in [3.63, 3.8) is 0 Å². The molecular formula is C14H12O7S. The van der Waals surface area contributed by atoms with E-state index in [-0.39, 0.29) is 11.1 Å². The number of hydrogen-bond acceptors (Lipinski definition) is 6. The molecule has 0 radical (unpaired) electrons. The molecule has 7 nitrogen and oxygen atoms in total. The number of carbonyl (C=O) groups is 2. The summed E-state index contributed by atoms with van der Waals surface area (Å²) in [6.07, 6.45) is 0. The van der Waals surface area contributed by atoms with Crippen molar-refractivity contribution >= 4 is 33.1 Å². The smallest absolute Gasteiger partial charge is 0.449 e. The number of carbonyl (C=O) groups excluding carboxylic acids is 2. The standard InChI is InChI=1S/C14H12O7S/c1-8-7-9-5-3-4-6-10(9)12(11(8)13(15)20-2)14(16)21-22(17,18)19/h3-7H,1-2H3,(H,17,18,19). The van der Waals surface area contributed by atoms with Gasteiger partial charge in [0, 0.05) is 0 Å². The van der Waals surface area contributed by atoms with E-state index in [1.807, 2.05) is 0 Å². The fourth-order valence-corrected chi connectivity index (χ4v) is 2.48. The summed E-state index contributed by atoms with van der Waals surface area (Å²) >= 11 is 0. The van der Waals surface area contributed by atoms with E-state index in [1.54, 1.807) is 31.2 Å². The Hall–Kier alpha value is -2.45. The van der Waals surface area contributed by atoms with E-state index in [1.165, 1.54) is 6.07 Å². The Labute approximate surface area is 126 Å². The highest BCUT2D eigenvalue weighted by Crippen LogP contribution is 2.27. The van der Waals surface area contributed by atoms with Crippen LogP contribution in [0.1, 0.15) is 26.3 Å². The van der Waals surface area contributed by atoms with Crippen molar-refractivity contribution < 1.29 is 31.5 Å². The molecule has 0 unspecified atom stereocenters. The lowest BCUT2D eigenvalue weighted by Gasteiger charge is -2.13. The summed E-state index contributed by atoms with van der Waals surface area (Å²) < 4.78 is 38.9. The Morgan fingerprint density at radius 2 is 1.73 bits per heavy atom. The topological polar surface area (TPSA) is 107 Å². The lowest BCUT2D eigenvalue weighted by atomic mass is 9.94. The van der Waals surface area contributed by atoms with E-state index < -0.39 is 22.3 Å². The molecule has 0 spiro atoms. The van der Waals surface area contributed by atoms with E-state index in [9.17, 15) is 18.0 Å². The Kier molecular flexibility index (Phi) is 4.16. The fourth-order valence-electron chi connectivity index (χ4n) is 2.20. The Bertz CT molecular complexity index is 868. The van der Waals surface area contributed by atoms with Crippen LogP contribution in [-0.2, 0) is 19.3 Å². The molecule has 8 heteroatoms. The van der Waals surface area contributed by atoms with E-state index in [2.05, 4.69) is 8.92 Å². The van der Waals surface area contributed by atoms with Gasteiger partial charge in [0.25, 0.3) is 0 Å². The number of benzene rings is 2. The molecule has 0 saturated heterocycles. The van der Waals surface area contributed by atoms with Crippen molar-refractivity contribution in [2.24, 2.45) is 0 Å². The molecule has 2 aromatic carbocycles. The van der Waals surface area contributed by atoms with Gasteiger partial charge in [-0.1, -0.05) is 30.3 Å². The van der Waals surface area contributed by atoms with E-state index in [4.69, 9.17) is 4.55 Å². The van der Waals surface area contributed by atoms with Gasteiger partial charge in [-0.2, -0.15) is 8.42 Å². The molecule has 0 aliphatic heterocycles. The molecule has 116 valence electrons. The van der Waals surface area contributed by atoms with Gasteiger partial charge in [-0.15, -0.1) is 0 Å². The highest BCUT2D eigenvalue weighted by Gasteiger charge is 2.27. The quantitative estimate of drug-likeness (QED) is 0.678. The number of fused-ring (bicyclic) bond motifs is 1. The van der Waals surface area contributed by atoms with Crippen LogP contribution < -0.4 is 0 Å². The molecule has 0 aliphatic rings. The summed E-state index contributed by atoms with van der Waals surface area (Å²) in [6.45, 7) is 1.57. The second kappa shape index (κ2) is 5.74. The maximum Gasteiger partial charge on any atom is 0.449 e. The number of methoxy groups -OCH3 is 1. The van der Waals surface area contributed by atoms with E-state index >= 15 is 0 Å². The maximum atomic E-state index is 12.1. The first kappa shape index (κ1) is 15.9. The summed E-state index contributed by atoms with van der Waals surface area (Å²) in [4.78, 5) is 24.0. The van der Waals surface area contributed by atoms with Crippen LogP contribution in [0.5, 0.6) is 0 Å². The fraction of sp³-hybridized carbons (Fsp3) is 0.143. The lowest BCUT2D eigenvalue weighted by molar-refractivity contribution is 0.0585. The molecule has 0 atom stereocenters. The molecule has 0 amide bonds. The number of esters is 1. The van der Waals surface area contributed by atoms with Gasteiger partial charge in [0.05, 0.1) is 18.2 Å². The lowest BCUT2D eigenvalue weighted by Crippen LogP contribution is -2.18. The molecule has 2 aromatic rings. The molecule has 22 heavy (non-hydrogen) atoms. The molecule has 0 bridgehead atoms. The van der Waals surface area contributed by atoms with Crippen molar-refractivity contribution in [1.29, 1.82) is 0 Å². The van der Waals surface area contributed by atoms with Crippen molar-refractivity contribution in [1.82, 2.24) is 0 Å². The van der Waals surface area contributed by atoms with Crippen molar-refractivity contribution in [3.05, 3.63) is 47.0 Å². The largest absolute Gasteiger partial charge is 0.465 e. The van der Waals surface area contributed by atoms with Crippen LogP contribution in [0.4, 0.5) is 0 Å². The van der Waals surface area contributed by atoms with Crippen LogP contribution in [0.2, 0.25) is 0 Å². The molecule has 0 heterocycles. The third-order valence-electron chi connectivity index (χ3n) is 3.02. The van der Waals surface area contributed by atoms with Crippen molar-refractivity contribution in [2.75, 3.05) is 7.11 Å². The van der Waals surface area contributed by atoms with Crippen LogP contribution in [0.15, 0.2) is 30.3 Å². The van der Waals surface area contributed by atoms with Gasteiger partial charge in [0.2, 0.25) is 0 Å². The van der Waals surface area contributed by atoms with Gasteiger partial charge in [0.1, 0.15) is 0 Å². The zero-order valence-corrected chi connectivity index (χ0v) is 12.5. The molecule has 0 fully saturated rings. The van der Waals surface area contributed by atoms with Crippen LogP contribution in [0.3, 0.4) is 0 Å². The predicted octanol–water partition coefficient (Wildman–Crippen LogP) is 1.89. The first-order valence-electron chi connectivity index (χ1n) is 6.06. The minimum absolute atomic E-state index is 0.116. The summed E-state index contributed by atoms with van der Waals surface area (Å²) in [7, 11) is -3.87. The SMILES string of the molecule is COC(=O)c1c(C)cc2ccccc2c1C(=O)OS(=O)(=O)O. The summed E-state index contributed by atoms with van der Waals surface area (Å²) in [5.74, 6) is -2.17. The molecule has 2 rings (SSSR count). The maximum absolute atomic E-state index is 12.1. The number of hydrogen-bond donors (Lipinski definition) is 1. The number of aryl methyl sites for hydroxylation is 1. The second-order valence-corrected chi connectivity index (χ2v) is 5.48. The summed E-state index contributed by atoms with van der Waals surface area (Å²) in [5, 5.41) is 0.914. The van der Waals surface area contributed by atoms with E-state index in [0.717, 1.165) is 7.11 Å². The average Bonchev–Trinajstić information content (AvgIpc) is 2.43. The second-order valence-electron chi connectivity index (χ2n) is 4.45. The number of ether oxygens (including phenoxy) is 1. The Morgan fingerprint density at radius 3 is 2.32 bits per heavy atom. The molecule has 0 aromatic heterocycles. The molecule has 0 saturated carbocycles. The van der Waals surface area contributed by atoms with Crippen molar-refractivity contribution in [2.45, 2.75) is 6.92 Å². The van der Waals surface area contributed by atoms with Crippen molar-refractivity contribution in [3.8, 4) is 0 Å². The zero-order chi connectivity index (χ0) is 16.5. The van der Waals surface area contributed by atoms with E-state index in [0.29, 0.717) is 16.3 Å². The predicted molar refractivity (Wildman–Crippen MR) is 77.0 cm³/mol. The van der Waals surface area contributed by atoms with Gasteiger partial charge in [0.15, 0.2) is 0 Å². The van der Waals surface area contributed by atoms with Gasteiger partial charge in [-0.25, -0.2) is 9.59 Å². The first-order valence-corrected chi connectivity index (χ1v) is 7.43. The third-order valence-corrected chi connectivity index (χ3v) is 3.38. The van der Waals surface area contributed by atoms with Crippen LogP contribution in [0, 0.1) is 6.92 Å². The minimum atomic E-state index is -5.00. The Morgan fingerprint density at radius 1 is 1.09 bits per heavy atom. The third kappa shape index (κ3) is 3.07.